The molecule has 4 rings (SSSR count). The van der Waals surface area contributed by atoms with E-state index >= 15 is 0 Å². The van der Waals surface area contributed by atoms with Gasteiger partial charge in [0, 0.05) is 37.6 Å². The normalized spacial score (nSPS) is 22.4. The number of ether oxygens (including phenoxy) is 1. The topological polar surface area (TPSA) is 62.7 Å². The average Bonchev–Trinajstić information content (AvgIpc) is 3.15. The van der Waals surface area contributed by atoms with Gasteiger partial charge in [0.25, 0.3) is 0 Å². The Morgan fingerprint density at radius 2 is 2.00 bits per heavy atom. The van der Waals surface area contributed by atoms with Crippen LogP contribution in [0.5, 0.6) is 5.75 Å². The number of carbonyl (C=O) groups is 2. The zero-order chi connectivity index (χ0) is 19.5. The fourth-order valence-corrected chi connectivity index (χ4v) is 4.23. The van der Waals surface area contributed by atoms with Crippen LogP contribution < -0.4 is 9.64 Å². The molecule has 2 atom stereocenters. The van der Waals surface area contributed by atoms with Crippen LogP contribution in [0.4, 0.5) is 5.69 Å². The van der Waals surface area contributed by atoms with E-state index in [0.717, 1.165) is 42.8 Å². The van der Waals surface area contributed by atoms with Crippen molar-refractivity contribution in [2.45, 2.75) is 31.7 Å². The highest BCUT2D eigenvalue weighted by Gasteiger charge is 2.39. The van der Waals surface area contributed by atoms with Gasteiger partial charge in [0.2, 0.25) is 11.8 Å². The van der Waals surface area contributed by atoms with E-state index in [4.69, 9.17) is 4.74 Å². The first-order chi connectivity index (χ1) is 13.7. The van der Waals surface area contributed by atoms with Gasteiger partial charge in [0.05, 0.1) is 19.1 Å². The lowest BCUT2D eigenvalue weighted by atomic mass is 9.94. The highest BCUT2D eigenvalue weighted by atomic mass is 16.5. The summed E-state index contributed by atoms with van der Waals surface area (Å²) < 4.78 is 5.18. The maximum atomic E-state index is 13.3. The first kappa shape index (κ1) is 18.5. The Morgan fingerprint density at radius 1 is 1.18 bits per heavy atom. The summed E-state index contributed by atoms with van der Waals surface area (Å²) >= 11 is 0. The monoisotopic (exact) mass is 379 g/mol. The number of aromatic nitrogens is 1. The summed E-state index contributed by atoms with van der Waals surface area (Å²) in [5, 5.41) is 0. The third-order valence-corrected chi connectivity index (χ3v) is 5.71. The summed E-state index contributed by atoms with van der Waals surface area (Å²) in [5.41, 5.74) is 1.88. The zero-order valence-electron chi connectivity index (χ0n) is 16.1. The van der Waals surface area contributed by atoms with E-state index in [1.54, 1.807) is 18.2 Å². The second-order valence-corrected chi connectivity index (χ2v) is 7.43. The minimum Gasteiger partial charge on any atom is -0.497 e. The fraction of sp³-hybridized carbons (Fsp3) is 0.409. The van der Waals surface area contributed by atoms with E-state index in [2.05, 4.69) is 4.98 Å². The van der Waals surface area contributed by atoms with E-state index in [0.29, 0.717) is 6.54 Å². The van der Waals surface area contributed by atoms with Gasteiger partial charge < -0.3 is 14.5 Å². The van der Waals surface area contributed by atoms with Crippen molar-refractivity contribution in [2.75, 3.05) is 25.1 Å². The van der Waals surface area contributed by atoms with Gasteiger partial charge >= 0.3 is 0 Å². The van der Waals surface area contributed by atoms with Crippen LogP contribution in [-0.2, 0) is 9.59 Å². The number of piperidine rings is 1. The lowest BCUT2D eigenvalue weighted by Crippen LogP contribution is -2.42. The van der Waals surface area contributed by atoms with Crippen molar-refractivity contribution in [3.05, 3.63) is 54.4 Å². The molecule has 2 saturated heterocycles. The van der Waals surface area contributed by atoms with Crippen molar-refractivity contribution in [3.8, 4) is 5.75 Å². The Bertz CT molecular complexity index is 838. The molecule has 1 aromatic heterocycles. The second kappa shape index (κ2) is 8.00. The Kier molecular flexibility index (Phi) is 5.28. The van der Waals surface area contributed by atoms with E-state index < -0.39 is 0 Å². The summed E-state index contributed by atoms with van der Waals surface area (Å²) in [6.07, 6.45) is 6.91. The SMILES string of the molecule is COc1ccc(N2CC(C(=O)N3CCCC[C@H]3c3cccnc3)CC2=O)cc1. The molecule has 146 valence electrons. The summed E-state index contributed by atoms with van der Waals surface area (Å²) in [5.74, 6) is 0.527. The lowest BCUT2D eigenvalue weighted by molar-refractivity contribution is -0.139. The van der Waals surface area contributed by atoms with Crippen molar-refractivity contribution < 1.29 is 14.3 Å². The summed E-state index contributed by atoms with van der Waals surface area (Å²) in [7, 11) is 1.61. The molecule has 1 aromatic carbocycles. The van der Waals surface area contributed by atoms with E-state index in [1.807, 2.05) is 47.5 Å². The number of benzene rings is 1. The summed E-state index contributed by atoms with van der Waals surface area (Å²) in [4.78, 5) is 33.8. The van der Waals surface area contributed by atoms with E-state index in [-0.39, 0.29) is 30.2 Å². The molecular formula is C22H25N3O3. The van der Waals surface area contributed by atoms with E-state index in [9.17, 15) is 9.59 Å². The average molecular weight is 379 g/mol. The number of carbonyl (C=O) groups excluding carboxylic acids is 2. The van der Waals surface area contributed by atoms with Crippen LogP contribution in [0.1, 0.15) is 37.3 Å². The minimum absolute atomic E-state index is 0.00143. The van der Waals surface area contributed by atoms with Gasteiger partial charge in [-0.25, -0.2) is 0 Å². The molecule has 0 spiro atoms. The molecule has 3 heterocycles. The smallest absolute Gasteiger partial charge is 0.228 e. The van der Waals surface area contributed by atoms with Crippen molar-refractivity contribution in [1.82, 2.24) is 9.88 Å². The van der Waals surface area contributed by atoms with Crippen LogP contribution in [0.3, 0.4) is 0 Å². The predicted molar refractivity (Wildman–Crippen MR) is 106 cm³/mol. The molecule has 6 heteroatoms. The third kappa shape index (κ3) is 3.59. The molecule has 0 bridgehead atoms. The van der Waals surface area contributed by atoms with Gasteiger partial charge in [0.15, 0.2) is 0 Å². The van der Waals surface area contributed by atoms with Crippen molar-refractivity contribution in [2.24, 2.45) is 5.92 Å². The largest absolute Gasteiger partial charge is 0.497 e. The van der Waals surface area contributed by atoms with Crippen LogP contribution in [0, 0.1) is 5.92 Å². The highest BCUT2D eigenvalue weighted by Crippen LogP contribution is 2.34. The number of anilines is 1. The van der Waals surface area contributed by atoms with Gasteiger partial charge in [-0.1, -0.05) is 6.07 Å². The fourth-order valence-electron chi connectivity index (χ4n) is 4.23. The first-order valence-electron chi connectivity index (χ1n) is 9.82. The van der Waals surface area contributed by atoms with Crippen LogP contribution in [0.25, 0.3) is 0 Å². The molecule has 0 N–H and O–H groups in total. The van der Waals surface area contributed by atoms with Gasteiger partial charge in [-0.15, -0.1) is 0 Å². The maximum Gasteiger partial charge on any atom is 0.228 e. The number of pyridine rings is 1. The lowest BCUT2D eigenvalue weighted by Gasteiger charge is -2.37. The van der Waals surface area contributed by atoms with Gasteiger partial charge in [-0.05, 0) is 55.2 Å². The van der Waals surface area contributed by atoms with Crippen molar-refractivity contribution in [1.29, 1.82) is 0 Å². The van der Waals surface area contributed by atoms with Crippen LogP contribution >= 0.6 is 0 Å². The third-order valence-electron chi connectivity index (χ3n) is 5.71. The number of likely N-dealkylation sites (tertiary alicyclic amines) is 1. The molecular weight excluding hydrogens is 354 g/mol. The molecule has 2 aliphatic heterocycles. The first-order valence-corrected chi connectivity index (χ1v) is 9.82. The summed E-state index contributed by atoms with van der Waals surface area (Å²) in [6.45, 7) is 1.17. The Balaban J connectivity index is 1.50. The molecule has 0 radical (unpaired) electrons. The molecule has 0 aliphatic carbocycles. The minimum atomic E-state index is -0.299. The Hall–Kier alpha value is -2.89. The molecule has 2 aliphatic rings. The molecule has 2 amide bonds. The molecule has 0 saturated carbocycles. The molecule has 2 aromatic rings. The number of methoxy groups -OCH3 is 1. The second-order valence-electron chi connectivity index (χ2n) is 7.43. The van der Waals surface area contributed by atoms with Crippen LogP contribution in [-0.4, -0.2) is 41.9 Å². The zero-order valence-corrected chi connectivity index (χ0v) is 16.1. The maximum absolute atomic E-state index is 13.3. The quantitative estimate of drug-likeness (QED) is 0.818. The standard InChI is InChI=1S/C22H25N3O3/c1-28-19-9-7-18(8-10-19)25-15-17(13-21(25)26)22(27)24-12-3-2-6-20(24)16-5-4-11-23-14-16/h4-5,7-11,14,17,20H,2-3,6,12-13,15H2,1H3/t17?,20-/m0/s1. The molecule has 6 nitrogen and oxygen atoms in total. The molecule has 1 unspecified atom stereocenters. The van der Waals surface area contributed by atoms with Crippen LogP contribution in [0.15, 0.2) is 48.8 Å². The van der Waals surface area contributed by atoms with Gasteiger partial charge in [0.1, 0.15) is 5.75 Å². The van der Waals surface area contributed by atoms with Gasteiger partial charge in [-0.3, -0.25) is 14.6 Å². The highest BCUT2D eigenvalue weighted by molar-refractivity contribution is 6.00. The Labute approximate surface area is 165 Å². The number of hydrogen-bond donors (Lipinski definition) is 0. The number of amides is 2. The van der Waals surface area contributed by atoms with Crippen molar-refractivity contribution in [3.63, 3.8) is 0 Å². The van der Waals surface area contributed by atoms with E-state index in [1.165, 1.54) is 0 Å². The van der Waals surface area contributed by atoms with Crippen LogP contribution in [0.2, 0.25) is 0 Å². The Morgan fingerprint density at radius 3 is 2.71 bits per heavy atom. The molecule has 28 heavy (non-hydrogen) atoms. The number of hydrogen-bond acceptors (Lipinski definition) is 4. The van der Waals surface area contributed by atoms with Gasteiger partial charge in [-0.2, -0.15) is 0 Å². The predicted octanol–water partition coefficient (Wildman–Crippen LogP) is 3.20. The summed E-state index contributed by atoms with van der Waals surface area (Å²) in [6, 6.07) is 11.4. The molecule has 2 fully saturated rings. The number of rotatable bonds is 4. The number of nitrogens with zero attached hydrogens (tertiary/aromatic N) is 3. The van der Waals surface area contributed by atoms with Crippen molar-refractivity contribution >= 4 is 17.5 Å².